The second-order valence-electron chi connectivity index (χ2n) is 5.17. The Balaban J connectivity index is 1.77. The molecule has 0 radical (unpaired) electrons. The lowest BCUT2D eigenvalue weighted by atomic mass is 10.1. The van der Waals surface area contributed by atoms with E-state index in [1.165, 1.54) is 12.1 Å². The SMILES string of the molecule is C[C@@H]1OCC[C@H]1NC(=O)CCNC(=O)c1cc(F)ccc1Br. The maximum Gasteiger partial charge on any atom is 0.252 e. The van der Waals surface area contributed by atoms with Gasteiger partial charge in [0.15, 0.2) is 0 Å². The summed E-state index contributed by atoms with van der Waals surface area (Å²) in [6.45, 7) is 2.76. The number of carbonyl (C=O) groups excluding carboxylic acids is 2. The normalized spacial score (nSPS) is 20.7. The maximum absolute atomic E-state index is 13.1. The van der Waals surface area contributed by atoms with Crippen LogP contribution in [0.15, 0.2) is 22.7 Å². The van der Waals surface area contributed by atoms with E-state index >= 15 is 0 Å². The number of rotatable bonds is 5. The van der Waals surface area contributed by atoms with Crippen LogP contribution in [-0.4, -0.2) is 37.1 Å². The second-order valence-corrected chi connectivity index (χ2v) is 6.02. The van der Waals surface area contributed by atoms with Crippen LogP contribution in [0.25, 0.3) is 0 Å². The fourth-order valence-corrected chi connectivity index (χ4v) is 2.68. The van der Waals surface area contributed by atoms with Crippen LogP contribution in [0.2, 0.25) is 0 Å². The minimum Gasteiger partial charge on any atom is -0.376 e. The van der Waals surface area contributed by atoms with Gasteiger partial charge >= 0.3 is 0 Å². The van der Waals surface area contributed by atoms with Gasteiger partial charge in [0.05, 0.1) is 17.7 Å². The molecule has 0 aliphatic carbocycles. The molecular weight excluding hydrogens is 355 g/mol. The molecule has 0 unspecified atom stereocenters. The van der Waals surface area contributed by atoms with Crippen molar-refractivity contribution < 1.29 is 18.7 Å². The highest BCUT2D eigenvalue weighted by Crippen LogP contribution is 2.17. The fraction of sp³-hybridized carbons (Fsp3) is 0.467. The first kappa shape index (κ1) is 16.9. The van der Waals surface area contributed by atoms with Gasteiger partial charge in [0.1, 0.15) is 5.82 Å². The number of hydrogen-bond donors (Lipinski definition) is 2. The Morgan fingerprint density at radius 2 is 2.23 bits per heavy atom. The summed E-state index contributed by atoms with van der Waals surface area (Å²) in [6.07, 6.45) is 0.985. The van der Waals surface area contributed by atoms with Crippen molar-refractivity contribution in [2.75, 3.05) is 13.2 Å². The highest BCUT2D eigenvalue weighted by atomic mass is 79.9. The van der Waals surface area contributed by atoms with Gasteiger partial charge in [0, 0.05) is 24.0 Å². The standard InChI is InChI=1S/C15H18BrFN2O3/c1-9-13(5-7-22-9)19-14(20)4-6-18-15(21)11-8-10(17)2-3-12(11)16/h2-3,8-9,13H,4-7H2,1H3,(H,18,21)(H,19,20)/t9-,13+/m0/s1. The molecule has 0 bridgehead atoms. The van der Waals surface area contributed by atoms with E-state index in [-0.39, 0.29) is 36.6 Å². The highest BCUT2D eigenvalue weighted by Gasteiger charge is 2.25. The molecule has 2 atom stereocenters. The van der Waals surface area contributed by atoms with E-state index in [9.17, 15) is 14.0 Å². The number of benzene rings is 1. The number of carbonyl (C=O) groups is 2. The predicted octanol–water partition coefficient (Wildman–Crippen LogP) is 2.00. The average Bonchev–Trinajstić information content (AvgIpc) is 2.86. The molecule has 120 valence electrons. The molecule has 2 rings (SSSR count). The van der Waals surface area contributed by atoms with Crippen molar-refractivity contribution in [1.29, 1.82) is 0 Å². The van der Waals surface area contributed by atoms with Gasteiger partial charge in [-0.25, -0.2) is 4.39 Å². The van der Waals surface area contributed by atoms with Crippen LogP contribution in [0, 0.1) is 5.82 Å². The zero-order chi connectivity index (χ0) is 16.1. The third-order valence-electron chi connectivity index (χ3n) is 3.53. The lowest BCUT2D eigenvalue weighted by Gasteiger charge is -2.16. The van der Waals surface area contributed by atoms with Crippen LogP contribution >= 0.6 is 15.9 Å². The second kappa shape index (κ2) is 7.69. The molecule has 2 amide bonds. The minimum absolute atomic E-state index is 0.0155. The number of halogens is 2. The smallest absolute Gasteiger partial charge is 0.252 e. The van der Waals surface area contributed by atoms with Gasteiger partial charge < -0.3 is 15.4 Å². The van der Waals surface area contributed by atoms with Gasteiger partial charge in [-0.05, 0) is 47.5 Å². The third kappa shape index (κ3) is 4.51. The first-order chi connectivity index (χ1) is 10.5. The average molecular weight is 373 g/mol. The fourth-order valence-electron chi connectivity index (χ4n) is 2.26. The largest absolute Gasteiger partial charge is 0.376 e. The summed E-state index contributed by atoms with van der Waals surface area (Å²) in [6, 6.07) is 3.91. The molecule has 1 fully saturated rings. The molecule has 1 aliphatic rings. The number of ether oxygens (including phenoxy) is 1. The Morgan fingerprint density at radius 3 is 2.91 bits per heavy atom. The summed E-state index contributed by atoms with van der Waals surface area (Å²) in [5.41, 5.74) is 0.207. The van der Waals surface area contributed by atoms with Crippen molar-refractivity contribution in [1.82, 2.24) is 10.6 Å². The Hall–Kier alpha value is -1.47. The van der Waals surface area contributed by atoms with Crippen molar-refractivity contribution in [2.45, 2.75) is 31.9 Å². The molecule has 22 heavy (non-hydrogen) atoms. The van der Waals surface area contributed by atoms with Gasteiger partial charge in [-0.15, -0.1) is 0 Å². The minimum atomic E-state index is -0.485. The molecule has 1 aromatic rings. The molecule has 0 aromatic heterocycles. The summed E-state index contributed by atoms with van der Waals surface area (Å²) in [5, 5.41) is 5.48. The van der Waals surface area contributed by atoms with Crippen LogP contribution in [0.4, 0.5) is 4.39 Å². The van der Waals surface area contributed by atoms with Crippen LogP contribution in [0.3, 0.4) is 0 Å². The molecule has 1 heterocycles. The van der Waals surface area contributed by atoms with Crippen molar-refractivity contribution in [3.05, 3.63) is 34.1 Å². The molecule has 1 aliphatic heterocycles. The Labute approximate surface area is 136 Å². The molecular formula is C15H18BrFN2O3. The highest BCUT2D eigenvalue weighted by molar-refractivity contribution is 9.10. The molecule has 1 saturated heterocycles. The molecule has 5 nitrogen and oxygen atoms in total. The van der Waals surface area contributed by atoms with Gasteiger partial charge in [-0.3, -0.25) is 9.59 Å². The zero-order valence-electron chi connectivity index (χ0n) is 12.2. The first-order valence-corrected chi connectivity index (χ1v) is 7.91. The lowest BCUT2D eigenvalue weighted by Crippen LogP contribution is -2.40. The lowest BCUT2D eigenvalue weighted by molar-refractivity contribution is -0.122. The maximum atomic E-state index is 13.1. The van der Waals surface area contributed by atoms with E-state index in [1.807, 2.05) is 6.92 Å². The van der Waals surface area contributed by atoms with Gasteiger partial charge in [0.25, 0.3) is 5.91 Å². The number of amides is 2. The predicted molar refractivity (Wildman–Crippen MR) is 83.0 cm³/mol. The zero-order valence-corrected chi connectivity index (χ0v) is 13.8. The van der Waals surface area contributed by atoms with Gasteiger partial charge in [0.2, 0.25) is 5.91 Å². The van der Waals surface area contributed by atoms with E-state index in [4.69, 9.17) is 4.74 Å². The molecule has 0 spiro atoms. The summed E-state index contributed by atoms with van der Waals surface area (Å²) in [4.78, 5) is 23.7. The summed E-state index contributed by atoms with van der Waals surface area (Å²) < 4.78 is 19.0. The Morgan fingerprint density at radius 1 is 1.45 bits per heavy atom. The van der Waals surface area contributed by atoms with E-state index in [1.54, 1.807) is 0 Å². The molecule has 7 heteroatoms. The van der Waals surface area contributed by atoms with Gasteiger partial charge in [-0.1, -0.05) is 0 Å². The van der Waals surface area contributed by atoms with Crippen molar-refractivity contribution >= 4 is 27.7 Å². The van der Waals surface area contributed by atoms with Crippen LogP contribution in [0.1, 0.15) is 30.1 Å². The van der Waals surface area contributed by atoms with E-state index in [0.29, 0.717) is 11.1 Å². The van der Waals surface area contributed by atoms with Crippen LogP contribution in [0.5, 0.6) is 0 Å². The van der Waals surface area contributed by atoms with Crippen molar-refractivity contribution in [3.63, 3.8) is 0 Å². The summed E-state index contributed by atoms with van der Waals surface area (Å²) in [7, 11) is 0. The van der Waals surface area contributed by atoms with E-state index in [2.05, 4.69) is 26.6 Å². The van der Waals surface area contributed by atoms with Crippen molar-refractivity contribution in [2.24, 2.45) is 0 Å². The molecule has 2 N–H and O–H groups in total. The van der Waals surface area contributed by atoms with E-state index in [0.717, 1.165) is 12.5 Å². The summed E-state index contributed by atoms with van der Waals surface area (Å²) in [5.74, 6) is -1.04. The Bertz CT molecular complexity index is 568. The number of hydrogen-bond acceptors (Lipinski definition) is 3. The summed E-state index contributed by atoms with van der Waals surface area (Å²) >= 11 is 3.20. The Kier molecular flexibility index (Phi) is 5.90. The molecule has 0 saturated carbocycles. The van der Waals surface area contributed by atoms with Crippen LogP contribution in [-0.2, 0) is 9.53 Å². The van der Waals surface area contributed by atoms with Gasteiger partial charge in [-0.2, -0.15) is 0 Å². The van der Waals surface area contributed by atoms with Crippen molar-refractivity contribution in [3.8, 4) is 0 Å². The monoisotopic (exact) mass is 372 g/mol. The topological polar surface area (TPSA) is 67.4 Å². The van der Waals surface area contributed by atoms with E-state index < -0.39 is 11.7 Å². The molecule has 1 aromatic carbocycles. The first-order valence-electron chi connectivity index (χ1n) is 7.11. The quantitative estimate of drug-likeness (QED) is 0.830. The number of nitrogens with one attached hydrogen (secondary N) is 2. The third-order valence-corrected chi connectivity index (χ3v) is 4.22. The van der Waals surface area contributed by atoms with Crippen LogP contribution < -0.4 is 10.6 Å².